The van der Waals surface area contributed by atoms with Gasteiger partial charge in [-0.2, -0.15) is 5.10 Å². The van der Waals surface area contributed by atoms with E-state index in [9.17, 15) is 4.39 Å². The number of nitrogens with zero attached hydrogens (tertiary/aromatic N) is 2. The van der Waals surface area contributed by atoms with Gasteiger partial charge in [0.15, 0.2) is 0 Å². The van der Waals surface area contributed by atoms with Gasteiger partial charge in [-0.3, -0.25) is 4.68 Å². The van der Waals surface area contributed by atoms with E-state index in [-0.39, 0.29) is 5.82 Å². The fraction of sp³-hybridized carbons (Fsp3) is 0.400. The second-order valence-electron chi connectivity index (χ2n) is 5.32. The van der Waals surface area contributed by atoms with E-state index in [0.29, 0.717) is 27.8 Å². The van der Waals surface area contributed by atoms with E-state index in [4.69, 9.17) is 11.6 Å². The van der Waals surface area contributed by atoms with E-state index in [1.54, 1.807) is 0 Å². The zero-order valence-corrected chi connectivity index (χ0v) is 13.8. The van der Waals surface area contributed by atoms with Crippen molar-refractivity contribution in [2.24, 2.45) is 0 Å². The summed E-state index contributed by atoms with van der Waals surface area (Å²) in [5.74, 6) is -0.358. The minimum absolute atomic E-state index is 0.358. The average molecular weight is 373 g/mol. The van der Waals surface area contributed by atoms with Crippen molar-refractivity contribution in [3.63, 3.8) is 0 Å². The first-order chi connectivity index (χ1) is 10.1. The maximum atomic E-state index is 13.2. The Bertz CT molecular complexity index is 615. The second-order valence-corrected chi connectivity index (χ2v) is 6.58. The minimum Gasteiger partial charge on any atom is -0.377 e. The molecule has 0 amide bonds. The number of aromatic nitrogens is 2. The fourth-order valence-electron chi connectivity index (χ4n) is 2.73. The number of anilines is 1. The van der Waals surface area contributed by atoms with Gasteiger partial charge in [0.05, 0.1) is 29.0 Å². The average Bonchev–Trinajstić information content (AvgIpc) is 3.08. The number of hydrogen-bond donors (Lipinski definition) is 1. The fourth-order valence-corrected chi connectivity index (χ4v) is 3.69. The molecule has 1 heterocycles. The van der Waals surface area contributed by atoms with Crippen LogP contribution in [0.3, 0.4) is 0 Å². The summed E-state index contributed by atoms with van der Waals surface area (Å²) in [6.45, 7) is 0.559. The van der Waals surface area contributed by atoms with Gasteiger partial charge < -0.3 is 5.32 Å². The van der Waals surface area contributed by atoms with Gasteiger partial charge >= 0.3 is 0 Å². The molecule has 0 atom stereocenters. The highest BCUT2D eigenvalue weighted by atomic mass is 79.9. The van der Waals surface area contributed by atoms with Crippen molar-refractivity contribution in [2.45, 2.75) is 38.3 Å². The van der Waals surface area contributed by atoms with Gasteiger partial charge in [0.25, 0.3) is 0 Å². The molecule has 0 spiro atoms. The predicted octanol–water partition coefficient (Wildman–Crippen LogP) is 5.17. The summed E-state index contributed by atoms with van der Waals surface area (Å²) in [5, 5.41) is 8.17. The quantitative estimate of drug-likeness (QED) is 0.803. The Morgan fingerprint density at radius 1 is 1.38 bits per heavy atom. The van der Waals surface area contributed by atoms with Gasteiger partial charge in [0.1, 0.15) is 5.82 Å². The summed E-state index contributed by atoms with van der Waals surface area (Å²) in [5.41, 5.74) is 1.64. The number of hydrogen-bond acceptors (Lipinski definition) is 2. The molecule has 1 saturated carbocycles. The number of nitrogens with one attached hydrogen (secondary N) is 1. The summed E-state index contributed by atoms with van der Waals surface area (Å²) >= 11 is 9.37. The Hall–Kier alpha value is -1.07. The molecule has 0 saturated heterocycles. The van der Waals surface area contributed by atoms with Gasteiger partial charge in [-0.05, 0) is 47.0 Å². The van der Waals surface area contributed by atoms with E-state index >= 15 is 0 Å². The van der Waals surface area contributed by atoms with Crippen LogP contribution in [0.5, 0.6) is 0 Å². The zero-order valence-electron chi connectivity index (χ0n) is 11.5. The van der Waals surface area contributed by atoms with Gasteiger partial charge in [-0.15, -0.1) is 0 Å². The summed E-state index contributed by atoms with van der Waals surface area (Å²) in [6, 6.07) is 5.24. The Morgan fingerprint density at radius 2 is 2.14 bits per heavy atom. The van der Waals surface area contributed by atoms with Crippen molar-refractivity contribution >= 4 is 33.2 Å². The van der Waals surface area contributed by atoms with E-state index in [1.165, 1.54) is 37.8 Å². The summed E-state index contributed by atoms with van der Waals surface area (Å²) in [4.78, 5) is 0. The first-order valence-electron chi connectivity index (χ1n) is 7.06. The van der Waals surface area contributed by atoms with Crippen LogP contribution in [0.4, 0.5) is 10.1 Å². The van der Waals surface area contributed by atoms with Crippen LogP contribution in [0.1, 0.15) is 37.4 Å². The Kier molecular flexibility index (Phi) is 4.50. The second kappa shape index (κ2) is 6.36. The first kappa shape index (κ1) is 14.9. The molecule has 1 aliphatic carbocycles. The van der Waals surface area contributed by atoms with Crippen LogP contribution in [0.15, 0.2) is 28.9 Å². The molecular weight excluding hydrogens is 357 g/mol. The third-order valence-electron chi connectivity index (χ3n) is 3.82. The van der Waals surface area contributed by atoms with Crippen molar-refractivity contribution in [1.82, 2.24) is 9.78 Å². The SMILES string of the molecule is Fc1cc(Cl)c(NCc2ccn(C3CCCC3)n2)c(Br)c1. The summed E-state index contributed by atoms with van der Waals surface area (Å²) in [6.07, 6.45) is 7.04. The highest BCUT2D eigenvalue weighted by molar-refractivity contribution is 9.10. The van der Waals surface area contributed by atoms with Gasteiger partial charge in [0, 0.05) is 10.7 Å². The lowest BCUT2D eigenvalue weighted by molar-refractivity contribution is 0.463. The highest BCUT2D eigenvalue weighted by Crippen LogP contribution is 2.32. The monoisotopic (exact) mass is 371 g/mol. The molecule has 1 N–H and O–H groups in total. The number of halogens is 3. The van der Waals surface area contributed by atoms with Crippen LogP contribution in [0, 0.1) is 5.82 Å². The van der Waals surface area contributed by atoms with Crippen LogP contribution in [0.2, 0.25) is 5.02 Å². The maximum absolute atomic E-state index is 13.2. The minimum atomic E-state index is -0.358. The first-order valence-corrected chi connectivity index (χ1v) is 8.23. The molecule has 0 unspecified atom stereocenters. The van der Waals surface area contributed by atoms with Gasteiger partial charge in [-0.25, -0.2) is 4.39 Å². The molecule has 0 radical (unpaired) electrons. The molecule has 0 aliphatic heterocycles. The summed E-state index contributed by atoms with van der Waals surface area (Å²) < 4.78 is 15.9. The molecule has 21 heavy (non-hydrogen) atoms. The maximum Gasteiger partial charge on any atom is 0.125 e. The lowest BCUT2D eigenvalue weighted by Gasteiger charge is -2.11. The molecule has 3 rings (SSSR count). The molecule has 3 nitrogen and oxygen atoms in total. The van der Waals surface area contributed by atoms with E-state index < -0.39 is 0 Å². The summed E-state index contributed by atoms with van der Waals surface area (Å²) in [7, 11) is 0. The van der Waals surface area contributed by atoms with Crippen molar-refractivity contribution < 1.29 is 4.39 Å². The molecule has 1 aromatic carbocycles. The lowest BCUT2D eigenvalue weighted by atomic mass is 10.3. The van der Waals surface area contributed by atoms with Crippen LogP contribution in [-0.4, -0.2) is 9.78 Å². The predicted molar refractivity (Wildman–Crippen MR) is 86.2 cm³/mol. The lowest BCUT2D eigenvalue weighted by Crippen LogP contribution is -2.07. The molecular formula is C15H16BrClFN3. The van der Waals surface area contributed by atoms with Gasteiger partial charge in [0.2, 0.25) is 0 Å². The Balaban J connectivity index is 1.68. The molecule has 1 aromatic heterocycles. The molecule has 1 aliphatic rings. The highest BCUT2D eigenvalue weighted by Gasteiger charge is 2.17. The smallest absolute Gasteiger partial charge is 0.125 e. The Morgan fingerprint density at radius 3 is 2.86 bits per heavy atom. The Labute approximate surface area is 136 Å². The van der Waals surface area contributed by atoms with Crippen LogP contribution < -0.4 is 5.32 Å². The van der Waals surface area contributed by atoms with Crippen molar-refractivity contribution in [3.05, 3.63) is 45.4 Å². The number of benzene rings is 1. The molecule has 2 aromatic rings. The van der Waals surface area contributed by atoms with E-state index in [1.807, 2.05) is 12.3 Å². The van der Waals surface area contributed by atoms with Crippen LogP contribution in [-0.2, 0) is 6.54 Å². The molecule has 0 bridgehead atoms. The standard InChI is InChI=1S/C15H16BrClFN3/c16-13-7-10(18)8-14(17)15(13)19-9-11-5-6-21(20-11)12-3-1-2-4-12/h5-8,12,19H,1-4,9H2. The topological polar surface area (TPSA) is 29.9 Å². The van der Waals surface area contributed by atoms with E-state index in [2.05, 4.69) is 31.0 Å². The third-order valence-corrected chi connectivity index (χ3v) is 4.74. The van der Waals surface area contributed by atoms with Crippen molar-refractivity contribution in [1.29, 1.82) is 0 Å². The van der Waals surface area contributed by atoms with E-state index in [0.717, 1.165) is 5.69 Å². The zero-order chi connectivity index (χ0) is 14.8. The van der Waals surface area contributed by atoms with Crippen LogP contribution in [0.25, 0.3) is 0 Å². The van der Waals surface area contributed by atoms with Crippen LogP contribution >= 0.6 is 27.5 Å². The third kappa shape index (κ3) is 3.40. The van der Waals surface area contributed by atoms with Crippen molar-refractivity contribution in [2.75, 3.05) is 5.32 Å². The number of rotatable bonds is 4. The molecule has 112 valence electrons. The van der Waals surface area contributed by atoms with Crippen molar-refractivity contribution in [3.8, 4) is 0 Å². The normalized spacial score (nSPS) is 15.6. The van der Waals surface area contributed by atoms with Gasteiger partial charge in [-0.1, -0.05) is 24.4 Å². The molecule has 6 heteroatoms. The largest absolute Gasteiger partial charge is 0.377 e. The molecule has 1 fully saturated rings.